The second-order valence-corrected chi connectivity index (χ2v) is 10.4. The van der Waals surface area contributed by atoms with Crippen LogP contribution < -0.4 is 21.1 Å². The number of piperidine rings is 1. The third-order valence-corrected chi connectivity index (χ3v) is 7.31. The molecule has 3 aromatic rings. The van der Waals surface area contributed by atoms with Crippen LogP contribution in [0.25, 0.3) is 0 Å². The molecule has 0 aliphatic carbocycles. The number of thiophene rings is 1. The molecule has 2 atom stereocenters. The summed E-state index contributed by atoms with van der Waals surface area (Å²) in [4.78, 5) is 40.6. The lowest BCUT2D eigenvalue weighted by atomic mass is 9.98. The van der Waals surface area contributed by atoms with E-state index in [1.54, 1.807) is 35.7 Å². The summed E-state index contributed by atoms with van der Waals surface area (Å²) in [5.41, 5.74) is 6.19. The summed E-state index contributed by atoms with van der Waals surface area (Å²) in [6, 6.07) is 15.7. The summed E-state index contributed by atoms with van der Waals surface area (Å²) in [7, 11) is 0. The smallest absolute Gasteiger partial charge is 0.457 e. The van der Waals surface area contributed by atoms with E-state index >= 15 is 0 Å². The van der Waals surface area contributed by atoms with E-state index in [0.29, 0.717) is 21.9 Å². The molecule has 1 aliphatic heterocycles. The highest BCUT2D eigenvalue weighted by Gasteiger charge is 2.41. The molecule has 0 bridgehead atoms. The number of rotatable bonds is 10. The number of carbonyl (C=O) groups is 3. The fourth-order valence-electron chi connectivity index (χ4n) is 4.34. The van der Waals surface area contributed by atoms with Crippen LogP contribution in [-0.4, -0.2) is 60.1 Å². The van der Waals surface area contributed by atoms with Crippen molar-refractivity contribution in [1.29, 1.82) is 5.41 Å². The Balaban J connectivity index is 1.36. The first-order valence-electron chi connectivity index (χ1n) is 12.8. The van der Waals surface area contributed by atoms with E-state index in [1.807, 2.05) is 18.2 Å². The number of para-hydroxylation sites is 1. The van der Waals surface area contributed by atoms with Gasteiger partial charge < -0.3 is 26.0 Å². The van der Waals surface area contributed by atoms with Gasteiger partial charge in [-0.05, 0) is 48.9 Å². The van der Waals surface area contributed by atoms with Crippen molar-refractivity contribution in [2.24, 2.45) is 5.73 Å². The third-order valence-electron chi connectivity index (χ3n) is 6.37. The minimum absolute atomic E-state index is 0.0286. The van der Waals surface area contributed by atoms with Gasteiger partial charge >= 0.3 is 6.36 Å². The highest BCUT2D eigenvalue weighted by molar-refractivity contribution is 7.10. The average molecular weight is 604 g/mol. The molecule has 1 aliphatic rings. The lowest BCUT2D eigenvalue weighted by Crippen LogP contribution is -2.57. The van der Waals surface area contributed by atoms with E-state index in [0.717, 1.165) is 4.90 Å². The van der Waals surface area contributed by atoms with E-state index < -0.39 is 42.8 Å². The number of nitrogen functional groups attached to an aromatic ring is 1. The standard InChI is InChI=1S/C28H28F3N5O5S/c29-28(30,31)41-21-10-11-36(23(13-21)27(39)34-14-22-12-18(16-42-22)25(32)33)24(37)15-35-26(38)17-6-8-20(9-7-17)40-19-4-2-1-3-5-19/h1-9,12,16,21,23H,10-11,13-15H2,(H3,32,33)(H,34,39)(H,35,38)/t21-,23-/m0/s1. The number of alkyl halides is 3. The Labute approximate surface area is 243 Å². The number of nitrogens with one attached hydrogen (secondary N) is 3. The number of amidine groups is 1. The normalized spacial score (nSPS) is 16.9. The Morgan fingerprint density at radius 1 is 1.02 bits per heavy atom. The predicted octanol–water partition coefficient (Wildman–Crippen LogP) is 3.77. The number of nitrogens with zero attached hydrogens (tertiary/aromatic N) is 1. The predicted molar refractivity (Wildman–Crippen MR) is 148 cm³/mol. The molecule has 14 heteroatoms. The number of hydrogen-bond donors (Lipinski definition) is 4. The molecule has 10 nitrogen and oxygen atoms in total. The minimum atomic E-state index is -4.90. The first-order valence-corrected chi connectivity index (χ1v) is 13.7. The van der Waals surface area contributed by atoms with Crippen molar-refractivity contribution < 1.29 is 37.0 Å². The second-order valence-electron chi connectivity index (χ2n) is 9.37. The number of likely N-dealkylation sites (tertiary alicyclic amines) is 1. The summed E-state index contributed by atoms with van der Waals surface area (Å²) >= 11 is 1.25. The van der Waals surface area contributed by atoms with E-state index in [9.17, 15) is 27.6 Å². The number of hydrogen-bond acceptors (Lipinski definition) is 7. The number of carbonyl (C=O) groups excluding carboxylic acids is 3. The van der Waals surface area contributed by atoms with Gasteiger partial charge in [-0.1, -0.05) is 18.2 Å². The van der Waals surface area contributed by atoms with Gasteiger partial charge in [-0.25, -0.2) is 0 Å². The molecule has 1 saturated heterocycles. The molecule has 42 heavy (non-hydrogen) atoms. The van der Waals surface area contributed by atoms with Crippen LogP contribution in [0.4, 0.5) is 13.2 Å². The van der Waals surface area contributed by atoms with Gasteiger partial charge in [-0.3, -0.25) is 24.5 Å². The highest BCUT2D eigenvalue weighted by Crippen LogP contribution is 2.28. The van der Waals surface area contributed by atoms with Crippen LogP contribution in [0.3, 0.4) is 0 Å². The van der Waals surface area contributed by atoms with Crippen molar-refractivity contribution in [3.8, 4) is 11.5 Å². The van der Waals surface area contributed by atoms with Crippen molar-refractivity contribution >= 4 is 34.9 Å². The molecule has 1 aromatic heterocycles. The Kier molecular flexibility index (Phi) is 9.80. The zero-order valence-corrected chi connectivity index (χ0v) is 23.0. The number of nitrogens with two attached hydrogens (primary N) is 1. The minimum Gasteiger partial charge on any atom is -0.457 e. The molecule has 4 rings (SSSR count). The van der Waals surface area contributed by atoms with Gasteiger partial charge in [0, 0.05) is 34.3 Å². The Hall–Kier alpha value is -4.43. The maximum Gasteiger partial charge on any atom is 0.522 e. The molecule has 222 valence electrons. The zero-order valence-electron chi connectivity index (χ0n) is 22.1. The summed E-state index contributed by atoms with van der Waals surface area (Å²) < 4.78 is 48.5. The van der Waals surface area contributed by atoms with Crippen molar-refractivity contribution in [2.45, 2.75) is 37.9 Å². The monoisotopic (exact) mass is 603 g/mol. The number of amides is 3. The molecule has 0 spiro atoms. The number of benzene rings is 2. The molecule has 0 radical (unpaired) electrons. The van der Waals surface area contributed by atoms with Crippen molar-refractivity contribution in [3.05, 3.63) is 82.0 Å². The lowest BCUT2D eigenvalue weighted by Gasteiger charge is -2.38. The van der Waals surface area contributed by atoms with Crippen molar-refractivity contribution in [1.82, 2.24) is 15.5 Å². The SMILES string of the molecule is N=C(N)c1csc(CNC(=O)[C@@H]2C[C@@H](OC(F)(F)F)CCN2C(=O)CNC(=O)c2ccc(Oc3ccccc3)cc2)c1. The zero-order chi connectivity index (χ0) is 30.3. The van der Waals surface area contributed by atoms with Gasteiger partial charge in [0.05, 0.1) is 19.2 Å². The van der Waals surface area contributed by atoms with E-state index in [1.165, 1.54) is 23.5 Å². The Morgan fingerprint density at radius 3 is 2.36 bits per heavy atom. The Bertz CT molecular complexity index is 1420. The third kappa shape index (κ3) is 8.54. The van der Waals surface area contributed by atoms with E-state index in [-0.39, 0.29) is 37.3 Å². The van der Waals surface area contributed by atoms with Crippen LogP contribution in [0.1, 0.15) is 33.6 Å². The number of ether oxygens (including phenoxy) is 2. The van der Waals surface area contributed by atoms with Crippen molar-refractivity contribution in [2.75, 3.05) is 13.1 Å². The highest BCUT2D eigenvalue weighted by atomic mass is 32.1. The van der Waals surface area contributed by atoms with Crippen LogP contribution in [0.2, 0.25) is 0 Å². The maximum atomic E-state index is 13.1. The molecule has 0 saturated carbocycles. The molecule has 5 N–H and O–H groups in total. The lowest BCUT2D eigenvalue weighted by molar-refractivity contribution is -0.346. The molecular weight excluding hydrogens is 575 g/mol. The fourth-order valence-corrected chi connectivity index (χ4v) is 5.17. The molecule has 3 amide bonds. The van der Waals surface area contributed by atoms with E-state index in [4.69, 9.17) is 15.9 Å². The second kappa shape index (κ2) is 13.5. The molecule has 1 fully saturated rings. The molecule has 0 unspecified atom stereocenters. The topological polar surface area (TPSA) is 147 Å². The van der Waals surface area contributed by atoms with Gasteiger partial charge in [0.2, 0.25) is 11.8 Å². The van der Waals surface area contributed by atoms with Crippen molar-refractivity contribution in [3.63, 3.8) is 0 Å². The Morgan fingerprint density at radius 2 is 1.71 bits per heavy atom. The van der Waals surface area contributed by atoms with Crippen LogP contribution >= 0.6 is 11.3 Å². The van der Waals surface area contributed by atoms with Gasteiger partial charge in [0.15, 0.2) is 0 Å². The first kappa shape index (κ1) is 30.5. The molecule has 2 heterocycles. The van der Waals surface area contributed by atoms with Gasteiger partial charge in [-0.2, -0.15) is 0 Å². The van der Waals surface area contributed by atoms with Gasteiger partial charge in [-0.15, -0.1) is 24.5 Å². The van der Waals surface area contributed by atoms with Gasteiger partial charge in [0.25, 0.3) is 5.91 Å². The van der Waals surface area contributed by atoms with Gasteiger partial charge in [0.1, 0.15) is 23.4 Å². The first-order chi connectivity index (χ1) is 20.0. The largest absolute Gasteiger partial charge is 0.522 e. The number of halogens is 3. The van der Waals surface area contributed by atoms with E-state index in [2.05, 4.69) is 15.4 Å². The maximum absolute atomic E-state index is 13.1. The molecule has 2 aromatic carbocycles. The fraction of sp³-hybridized carbons (Fsp3) is 0.286. The van der Waals surface area contributed by atoms with Crippen LogP contribution in [0, 0.1) is 5.41 Å². The average Bonchev–Trinajstić information content (AvgIpc) is 3.44. The van der Waals surface area contributed by atoms with Crippen LogP contribution in [0.5, 0.6) is 11.5 Å². The quantitative estimate of drug-likeness (QED) is 0.205. The van der Waals surface area contributed by atoms with Crippen LogP contribution in [-0.2, 0) is 20.9 Å². The summed E-state index contributed by atoms with van der Waals surface area (Å²) in [6.45, 7) is -0.615. The summed E-state index contributed by atoms with van der Waals surface area (Å²) in [5.74, 6) is -0.862. The summed E-state index contributed by atoms with van der Waals surface area (Å²) in [6.07, 6.45) is -6.73. The van der Waals surface area contributed by atoms with Crippen LogP contribution in [0.15, 0.2) is 66.0 Å². The molecular formula is C28H28F3N5O5S. The summed E-state index contributed by atoms with van der Waals surface area (Å²) in [5, 5.41) is 14.3.